The van der Waals surface area contributed by atoms with Gasteiger partial charge in [-0.15, -0.1) is 16.8 Å². The fourth-order valence-corrected chi connectivity index (χ4v) is 3.52. The summed E-state index contributed by atoms with van der Waals surface area (Å²) in [5, 5.41) is 12.1. The Balaban J connectivity index is 1.71. The number of nitrogens with zero attached hydrogens (tertiary/aromatic N) is 4. The summed E-state index contributed by atoms with van der Waals surface area (Å²) in [5.74, 6) is 0.872. The molecule has 0 bridgehead atoms. The molecule has 0 fully saturated rings. The Bertz CT molecular complexity index is 932. The number of pyridine rings is 1. The van der Waals surface area contributed by atoms with Gasteiger partial charge in [0.1, 0.15) is 0 Å². The fraction of sp³-hybridized carbons (Fsp3) is 0.200. The lowest BCUT2D eigenvalue weighted by molar-refractivity contribution is -0.113. The summed E-state index contributed by atoms with van der Waals surface area (Å²) in [4.78, 5) is 16.5. The van der Waals surface area contributed by atoms with Crippen LogP contribution in [-0.2, 0) is 11.3 Å². The van der Waals surface area contributed by atoms with E-state index < -0.39 is 0 Å². The molecule has 2 aromatic heterocycles. The average molecular weight is 379 g/mol. The fourth-order valence-electron chi connectivity index (χ4n) is 2.77. The van der Waals surface area contributed by atoms with E-state index in [9.17, 15) is 4.79 Å². The number of nitrogens with one attached hydrogen (secondary N) is 1. The molecular formula is C20H21N5OS. The third kappa shape index (κ3) is 4.83. The van der Waals surface area contributed by atoms with Crippen molar-refractivity contribution in [1.82, 2.24) is 19.7 Å². The lowest BCUT2D eigenvalue weighted by Gasteiger charge is -2.09. The first-order valence-electron chi connectivity index (χ1n) is 8.52. The molecule has 138 valence electrons. The topological polar surface area (TPSA) is 72.7 Å². The summed E-state index contributed by atoms with van der Waals surface area (Å²) in [6.07, 6.45) is 5.23. The summed E-state index contributed by atoms with van der Waals surface area (Å²) >= 11 is 1.35. The molecule has 0 saturated carbocycles. The van der Waals surface area contributed by atoms with Gasteiger partial charge in [0.2, 0.25) is 5.91 Å². The van der Waals surface area contributed by atoms with Crippen LogP contribution in [0.4, 0.5) is 5.69 Å². The Morgan fingerprint density at radius 2 is 2.04 bits per heavy atom. The van der Waals surface area contributed by atoms with E-state index >= 15 is 0 Å². The first kappa shape index (κ1) is 18.8. The lowest BCUT2D eigenvalue weighted by atomic mass is 10.1. The van der Waals surface area contributed by atoms with Crippen molar-refractivity contribution in [3.63, 3.8) is 0 Å². The van der Waals surface area contributed by atoms with Gasteiger partial charge in [-0.25, -0.2) is 0 Å². The number of aryl methyl sites for hydroxylation is 2. The first-order chi connectivity index (χ1) is 13.1. The highest BCUT2D eigenvalue weighted by Gasteiger charge is 2.15. The Morgan fingerprint density at radius 1 is 1.26 bits per heavy atom. The molecule has 27 heavy (non-hydrogen) atoms. The molecule has 2 heterocycles. The second kappa shape index (κ2) is 8.64. The molecule has 0 aliphatic heterocycles. The predicted octanol–water partition coefficient (Wildman–Crippen LogP) is 3.87. The van der Waals surface area contributed by atoms with E-state index in [4.69, 9.17) is 0 Å². The second-order valence-electron chi connectivity index (χ2n) is 6.16. The molecule has 1 aromatic carbocycles. The largest absolute Gasteiger partial charge is 0.325 e. The maximum Gasteiger partial charge on any atom is 0.234 e. The minimum absolute atomic E-state index is 0.0823. The smallest absolute Gasteiger partial charge is 0.234 e. The summed E-state index contributed by atoms with van der Waals surface area (Å²) in [6, 6.07) is 9.76. The van der Waals surface area contributed by atoms with Crippen LogP contribution in [0.25, 0.3) is 11.4 Å². The van der Waals surface area contributed by atoms with Crippen molar-refractivity contribution in [2.45, 2.75) is 25.5 Å². The number of rotatable bonds is 7. The molecule has 0 saturated heterocycles. The van der Waals surface area contributed by atoms with E-state index in [2.05, 4.69) is 33.1 Å². The molecular weight excluding hydrogens is 358 g/mol. The van der Waals surface area contributed by atoms with Crippen LogP contribution in [0.3, 0.4) is 0 Å². The zero-order valence-electron chi connectivity index (χ0n) is 15.3. The molecule has 7 heteroatoms. The van der Waals surface area contributed by atoms with Gasteiger partial charge in [-0.3, -0.25) is 14.3 Å². The highest BCUT2D eigenvalue weighted by molar-refractivity contribution is 7.99. The average Bonchev–Trinajstić information content (AvgIpc) is 3.03. The van der Waals surface area contributed by atoms with Crippen LogP contribution in [0.15, 0.2) is 60.5 Å². The molecule has 0 aliphatic carbocycles. The van der Waals surface area contributed by atoms with E-state index in [1.54, 1.807) is 18.5 Å². The van der Waals surface area contributed by atoms with Crippen molar-refractivity contribution in [3.8, 4) is 11.4 Å². The maximum atomic E-state index is 12.3. The van der Waals surface area contributed by atoms with Gasteiger partial charge in [-0.05, 0) is 49.2 Å². The highest BCUT2D eigenvalue weighted by atomic mass is 32.2. The Labute approximate surface area is 162 Å². The van der Waals surface area contributed by atoms with Crippen LogP contribution in [0.1, 0.15) is 11.1 Å². The van der Waals surface area contributed by atoms with Crippen LogP contribution in [0.2, 0.25) is 0 Å². The van der Waals surface area contributed by atoms with Crippen LogP contribution < -0.4 is 5.32 Å². The normalized spacial score (nSPS) is 10.6. The third-order valence-corrected chi connectivity index (χ3v) is 4.75. The predicted molar refractivity (Wildman–Crippen MR) is 109 cm³/mol. The van der Waals surface area contributed by atoms with Gasteiger partial charge in [-0.2, -0.15) is 0 Å². The van der Waals surface area contributed by atoms with Gasteiger partial charge in [0, 0.05) is 30.2 Å². The summed E-state index contributed by atoms with van der Waals surface area (Å²) in [7, 11) is 0. The van der Waals surface area contributed by atoms with Gasteiger partial charge in [0.15, 0.2) is 11.0 Å². The Kier molecular flexibility index (Phi) is 6.03. The van der Waals surface area contributed by atoms with Gasteiger partial charge < -0.3 is 5.32 Å². The Morgan fingerprint density at radius 3 is 2.70 bits per heavy atom. The van der Waals surface area contributed by atoms with Crippen molar-refractivity contribution in [2.24, 2.45) is 0 Å². The highest BCUT2D eigenvalue weighted by Crippen LogP contribution is 2.24. The molecule has 0 spiro atoms. The quantitative estimate of drug-likeness (QED) is 0.498. The molecule has 1 amide bonds. The SMILES string of the molecule is C=CCn1c(SCC(=O)Nc2cc(C)cc(C)c2)nnc1-c1cccnc1. The standard InChI is InChI=1S/C20H21N5OS/c1-4-8-25-19(16-6-5-7-21-12-16)23-24-20(25)27-13-18(26)22-17-10-14(2)9-15(3)11-17/h4-7,9-12H,1,8,13H2,2-3H3,(H,22,26). The number of anilines is 1. The number of allylic oxidation sites excluding steroid dienone is 1. The summed E-state index contributed by atoms with van der Waals surface area (Å²) in [6.45, 7) is 8.37. The van der Waals surface area contributed by atoms with E-state index in [-0.39, 0.29) is 11.7 Å². The number of hydrogen-bond donors (Lipinski definition) is 1. The van der Waals surface area contributed by atoms with E-state index in [1.165, 1.54) is 11.8 Å². The van der Waals surface area contributed by atoms with Gasteiger partial charge >= 0.3 is 0 Å². The van der Waals surface area contributed by atoms with Crippen molar-refractivity contribution in [1.29, 1.82) is 0 Å². The molecule has 3 aromatic rings. The second-order valence-corrected chi connectivity index (χ2v) is 7.10. The number of thioether (sulfide) groups is 1. The summed E-state index contributed by atoms with van der Waals surface area (Å²) < 4.78 is 1.93. The Hall–Kier alpha value is -2.93. The van der Waals surface area contributed by atoms with E-state index in [1.807, 2.05) is 42.7 Å². The molecule has 0 atom stereocenters. The van der Waals surface area contributed by atoms with Crippen molar-refractivity contribution in [2.75, 3.05) is 11.1 Å². The molecule has 0 radical (unpaired) electrons. The van der Waals surface area contributed by atoms with Gasteiger partial charge in [-0.1, -0.05) is 23.9 Å². The maximum absolute atomic E-state index is 12.3. The van der Waals surface area contributed by atoms with E-state index in [0.29, 0.717) is 17.5 Å². The molecule has 3 rings (SSSR count). The zero-order chi connectivity index (χ0) is 19.2. The summed E-state index contributed by atoms with van der Waals surface area (Å²) in [5.41, 5.74) is 3.91. The monoisotopic (exact) mass is 379 g/mol. The minimum atomic E-state index is -0.0823. The zero-order valence-corrected chi connectivity index (χ0v) is 16.2. The number of carbonyl (C=O) groups excluding carboxylic acids is 1. The molecule has 6 nitrogen and oxygen atoms in total. The van der Waals surface area contributed by atoms with Crippen LogP contribution in [0.5, 0.6) is 0 Å². The van der Waals surface area contributed by atoms with Gasteiger partial charge in [0.05, 0.1) is 5.75 Å². The molecule has 0 unspecified atom stereocenters. The molecule has 0 aliphatic rings. The number of hydrogen-bond acceptors (Lipinski definition) is 5. The third-order valence-electron chi connectivity index (χ3n) is 3.79. The number of benzene rings is 1. The van der Waals surface area contributed by atoms with Crippen LogP contribution >= 0.6 is 11.8 Å². The van der Waals surface area contributed by atoms with Crippen molar-refractivity contribution in [3.05, 3.63) is 66.5 Å². The van der Waals surface area contributed by atoms with E-state index in [0.717, 1.165) is 22.4 Å². The van der Waals surface area contributed by atoms with Gasteiger partial charge in [0.25, 0.3) is 0 Å². The van der Waals surface area contributed by atoms with Crippen LogP contribution in [-0.4, -0.2) is 31.4 Å². The first-order valence-corrected chi connectivity index (χ1v) is 9.51. The number of carbonyl (C=O) groups is 1. The number of amides is 1. The van der Waals surface area contributed by atoms with Crippen molar-refractivity contribution >= 4 is 23.4 Å². The lowest BCUT2D eigenvalue weighted by Crippen LogP contribution is -2.15. The minimum Gasteiger partial charge on any atom is -0.325 e. The molecule has 1 N–H and O–H groups in total. The number of aromatic nitrogens is 4. The van der Waals surface area contributed by atoms with Crippen molar-refractivity contribution < 1.29 is 4.79 Å². The van der Waals surface area contributed by atoms with Crippen LogP contribution in [0, 0.1) is 13.8 Å².